The van der Waals surface area contributed by atoms with Gasteiger partial charge in [-0.05, 0) is 55.7 Å². The summed E-state index contributed by atoms with van der Waals surface area (Å²) in [5.74, 6) is 0.358. The molecule has 0 atom stereocenters. The topological polar surface area (TPSA) is 67.4 Å². The Kier molecular flexibility index (Phi) is 7.01. The molecule has 2 N–H and O–H groups in total. The number of para-hydroxylation sites is 1. The Hall–Kier alpha value is -2.82. The highest BCUT2D eigenvalue weighted by Gasteiger charge is 2.08. The van der Waals surface area contributed by atoms with Crippen LogP contribution in [0.3, 0.4) is 0 Å². The number of ether oxygens (including phenoxy) is 1. The first kappa shape index (κ1) is 18.5. The van der Waals surface area contributed by atoms with Crippen molar-refractivity contribution in [3.8, 4) is 5.75 Å². The quantitative estimate of drug-likeness (QED) is 0.726. The van der Waals surface area contributed by atoms with Crippen molar-refractivity contribution in [2.24, 2.45) is 0 Å². The monoisotopic (exact) mass is 340 g/mol. The number of benzene rings is 2. The minimum atomic E-state index is -0.245. The molecule has 25 heavy (non-hydrogen) atoms. The summed E-state index contributed by atoms with van der Waals surface area (Å²) in [5, 5.41) is 5.39. The van der Waals surface area contributed by atoms with Crippen molar-refractivity contribution in [2.45, 2.75) is 20.3 Å². The molecule has 2 amide bonds. The van der Waals surface area contributed by atoms with E-state index >= 15 is 0 Å². The largest absolute Gasteiger partial charge is 0.494 e. The van der Waals surface area contributed by atoms with E-state index in [0.717, 1.165) is 16.9 Å². The molecule has 0 radical (unpaired) electrons. The van der Waals surface area contributed by atoms with Crippen LogP contribution in [0.2, 0.25) is 0 Å². The van der Waals surface area contributed by atoms with Crippen LogP contribution in [-0.4, -0.2) is 31.5 Å². The van der Waals surface area contributed by atoms with Crippen LogP contribution in [0, 0.1) is 13.8 Å². The van der Waals surface area contributed by atoms with Gasteiger partial charge in [0.1, 0.15) is 5.75 Å². The average molecular weight is 340 g/mol. The van der Waals surface area contributed by atoms with Crippen molar-refractivity contribution in [2.75, 3.05) is 19.7 Å². The third-order valence-electron chi connectivity index (χ3n) is 3.83. The van der Waals surface area contributed by atoms with Gasteiger partial charge in [0.05, 0.1) is 13.2 Å². The first-order valence-corrected chi connectivity index (χ1v) is 8.36. The van der Waals surface area contributed by atoms with Gasteiger partial charge in [-0.3, -0.25) is 9.59 Å². The Labute approximate surface area is 148 Å². The van der Waals surface area contributed by atoms with Gasteiger partial charge in [-0.1, -0.05) is 24.3 Å². The number of rotatable bonds is 8. The van der Waals surface area contributed by atoms with E-state index in [1.807, 2.05) is 56.3 Å². The summed E-state index contributed by atoms with van der Waals surface area (Å²) in [5.41, 5.74) is 2.75. The van der Waals surface area contributed by atoms with Crippen molar-refractivity contribution in [3.63, 3.8) is 0 Å². The predicted molar refractivity (Wildman–Crippen MR) is 97.8 cm³/mol. The van der Waals surface area contributed by atoms with Gasteiger partial charge in [0.15, 0.2) is 0 Å². The lowest BCUT2D eigenvalue weighted by molar-refractivity contribution is -0.120. The lowest BCUT2D eigenvalue weighted by atomic mass is 10.1. The fraction of sp³-hybridized carbons (Fsp3) is 0.300. The number of amides is 2. The summed E-state index contributed by atoms with van der Waals surface area (Å²) in [6, 6.07) is 15.0. The van der Waals surface area contributed by atoms with Gasteiger partial charge in [0.2, 0.25) is 5.91 Å². The summed E-state index contributed by atoms with van der Waals surface area (Å²) < 4.78 is 5.54. The fourth-order valence-corrected chi connectivity index (χ4v) is 2.21. The molecule has 0 bridgehead atoms. The van der Waals surface area contributed by atoms with Crippen LogP contribution in [0.4, 0.5) is 0 Å². The van der Waals surface area contributed by atoms with Crippen LogP contribution in [0.5, 0.6) is 5.75 Å². The molecule has 0 saturated heterocycles. The van der Waals surface area contributed by atoms with Gasteiger partial charge < -0.3 is 15.4 Å². The van der Waals surface area contributed by atoms with E-state index in [9.17, 15) is 9.59 Å². The molecule has 0 aliphatic rings. The Morgan fingerprint density at radius 1 is 0.960 bits per heavy atom. The van der Waals surface area contributed by atoms with Crippen molar-refractivity contribution in [3.05, 3.63) is 65.2 Å². The highest BCUT2D eigenvalue weighted by atomic mass is 16.5. The summed E-state index contributed by atoms with van der Waals surface area (Å²) in [6.45, 7) is 4.94. The maximum Gasteiger partial charge on any atom is 0.251 e. The van der Waals surface area contributed by atoms with E-state index in [4.69, 9.17) is 4.74 Å². The zero-order chi connectivity index (χ0) is 18.1. The summed E-state index contributed by atoms with van der Waals surface area (Å²) in [7, 11) is 0. The molecule has 0 heterocycles. The maximum absolute atomic E-state index is 12.0. The molecule has 0 aliphatic carbocycles. The first-order valence-electron chi connectivity index (χ1n) is 8.36. The van der Waals surface area contributed by atoms with E-state index in [2.05, 4.69) is 10.6 Å². The first-order chi connectivity index (χ1) is 12.1. The number of carbonyl (C=O) groups excluding carboxylic acids is 2. The third-order valence-corrected chi connectivity index (χ3v) is 3.83. The highest BCUT2D eigenvalue weighted by molar-refractivity contribution is 5.96. The zero-order valence-corrected chi connectivity index (χ0v) is 14.7. The van der Waals surface area contributed by atoms with Crippen LogP contribution >= 0.6 is 0 Å². The second-order valence-corrected chi connectivity index (χ2v) is 5.85. The van der Waals surface area contributed by atoms with Crippen LogP contribution in [0.25, 0.3) is 0 Å². The molecule has 0 spiro atoms. The second-order valence-electron chi connectivity index (χ2n) is 5.85. The van der Waals surface area contributed by atoms with Crippen LogP contribution < -0.4 is 15.4 Å². The number of nitrogens with one attached hydrogen (secondary N) is 2. The van der Waals surface area contributed by atoms with Gasteiger partial charge in [-0.15, -0.1) is 0 Å². The molecular formula is C20H24N2O3. The zero-order valence-electron chi connectivity index (χ0n) is 14.7. The van der Waals surface area contributed by atoms with E-state index in [0.29, 0.717) is 25.1 Å². The Bertz CT molecular complexity index is 714. The minimum absolute atomic E-state index is 0.0364. The number of carbonyl (C=O) groups is 2. The van der Waals surface area contributed by atoms with E-state index in [1.54, 1.807) is 6.07 Å². The SMILES string of the molecule is Cc1ccc(C(=O)NCC(=O)NCCCOc2ccccc2)cc1C. The molecule has 0 aliphatic heterocycles. The van der Waals surface area contributed by atoms with Gasteiger partial charge in [0.25, 0.3) is 5.91 Å². The van der Waals surface area contributed by atoms with Crippen molar-refractivity contribution in [1.29, 1.82) is 0 Å². The summed E-state index contributed by atoms with van der Waals surface area (Å²) in [6.07, 6.45) is 0.700. The van der Waals surface area contributed by atoms with Gasteiger partial charge >= 0.3 is 0 Å². The molecule has 5 nitrogen and oxygen atoms in total. The normalized spacial score (nSPS) is 10.2. The molecule has 0 fully saturated rings. The van der Waals surface area contributed by atoms with Gasteiger partial charge in [0, 0.05) is 12.1 Å². The molecule has 2 rings (SSSR count). The molecule has 0 unspecified atom stereocenters. The summed E-state index contributed by atoms with van der Waals surface area (Å²) >= 11 is 0. The molecule has 0 aromatic heterocycles. The predicted octanol–water partition coefficient (Wildman–Crippen LogP) is 2.62. The average Bonchev–Trinajstić information content (AvgIpc) is 2.62. The van der Waals surface area contributed by atoms with Gasteiger partial charge in [-0.25, -0.2) is 0 Å². The Morgan fingerprint density at radius 3 is 2.44 bits per heavy atom. The maximum atomic E-state index is 12.0. The Morgan fingerprint density at radius 2 is 1.72 bits per heavy atom. The Balaban J connectivity index is 1.61. The van der Waals surface area contributed by atoms with E-state index in [1.165, 1.54) is 0 Å². The highest BCUT2D eigenvalue weighted by Crippen LogP contribution is 2.09. The number of hydrogen-bond acceptors (Lipinski definition) is 3. The van der Waals surface area contributed by atoms with E-state index < -0.39 is 0 Å². The third kappa shape index (κ3) is 6.30. The molecule has 2 aromatic rings. The van der Waals surface area contributed by atoms with Crippen LogP contribution in [0.15, 0.2) is 48.5 Å². The number of hydrogen-bond donors (Lipinski definition) is 2. The van der Waals surface area contributed by atoms with E-state index in [-0.39, 0.29) is 18.4 Å². The molecule has 132 valence electrons. The molecular weight excluding hydrogens is 316 g/mol. The van der Waals surface area contributed by atoms with Crippen molar-refractivity contribution in [1.82, 2.24) is 10.6 Å². The lowest BCUT2D eigenvalue weighted by Crippen LogP contribution is -2.37. The fourth-order valence-electron chi connectivity index (χ4n) is 2.21. The van der Waals surface area contributed by atoms with Crippen LogP contribution in [0.1, 0.15) is 27.9 Å². The van der Waals surface area contributed by atoms with Gasteiger partial charge in [-0.2, -0.15) is 0 Å². The van der Waals surface area contributed by atoms with Crippen LogP contribution in [-0.2, 0) is 4.79 Å². The van der Waals surface area contributed by atoms with Crippen molar-refractivity contribution < 1.29 is 14.3 Å². The van der Waals surface area contributed by atoms with Crippen molar-refractivity contribution >= 4 is 11.8 Å². The molecule has 2 aromatic carbocycles. The number of aryl methyl sites for hydroxylation is 2. The standard InChI is InChI=1S/C20H24N2O3/c1-15-9-10-17(13-16(15)2)20(24)22-14-19(23)21-11-6-12-25-18-7-4-3-5-8-18/h3-5,7-10,13H,6,11-12,14H2,1-2H3,(H,21,23)(H,22,24). The molecule has 5 heteroatoms. The lowest BCUT2D eigenvalue weighted by Gasteiger charge is -2.09. The molecule has 0 saturated carbocycles. The smallest absolute Gasteiger partial charge is 0.251 e. The minimum Gasteiger partial charge on any atom is -0.494 e. The second kappa shape index (κ2) is 9.47. The summed E-state index contributed by atoms with van der Waals surface area (Å²) in [4.78, 5) is 23.8.